The molecule has 0 aliphatic rings. The maximum Gasteiger partial charge on any atom is 0.178 e. The molecule has 0 saturated heterocycles. The van der Waals surface area contributed by atoms with Gasteiger partial charge in [-0.25, -0.2) is 24.9 Å². The van der Waals surface area contributed by atoms with E-state index in [0.717, 1.165) is 45.2 Å². The van der Waals surface area contributed by atoms with Gasteiger partial charge in [0.2, 0.25) is 0 Å². The van der Waals surface area contributed by atoms with E-state index < -0.39 is 0 Å². The monoisotopic (exact) mass is 385 g/mol. The number of nitrogens with one attached hydrogen (secondary N) is 1. The number of pyridine rings is 2. The highest BCUT2D eigenvalue weighted by Gasteiger charge is 2.14. The molecule has 0 amide bonds. The second-order valence-corrected chi connectivity index (χ2v) is 7.23. The number of fused-ring (bicyclic) bond motifs is 1. The minimum Gasteiger partial charge on any atom is -0.369 e. The van der Waals surface area contributed by atoms with Gasteiger partial charge in [-0.2, -0.15) is 0 Å². The van der Waals surface area contributed by atoms with Crippen LogP contribution in [0.5, 0.6) is 0 Å². The molecule has 0 aliphatic heterocycles. The molecule has 4 aromatic rings. The summed E-state index contributed by atoms with van der Waals surface area (Å²) in [5.41, 5.74) is 7.30. The average Bonchev–Trinajstić information content (AvgIpc) is 2.73. The smallest absolute Gasteiger partial charge is 0.178 e. The van der Waals surface area contributed by atoms with Gasteiger partial charge in [0, 0.05) is 42.2 Å². The fourth-order valence-electron chi connectivity index (χ4n) is 3.14. The van der Waals surface area contributed by atoms with Crippen LogP contribution >= 0.6 is 0 Å². The molecule has 4 aromatic heterocycles. The highest BCUT2D eigenvalue weighted by Crippen LogP contribution is 2.24. The highest BCUT2D eigenvalue weighted by molar-refractivity contribution is 5.75. The summed E-state index contributed by atoms with van der Waals surface area (Å²) in [7, 11) is 0. The van der Waals surface area contributed by atoms with E-state index in [4.69, 9.17) is 4.98 Å². The van der Waals surface area contributed by atoms with Crippen LogP contribution in [-0.4, -0.2) is 36.4 Å². The lowest BCUT2D eigenvalue weighted by Crippen LogP contribution is -2.12. The van der Waals surface area contributed by atoms with Gasteiger partial charge < -0.3 is 5.32 Å². The van der Waals surface area contributed by atoms with Gasteiger partial charge in [0.1, 0.15) is 17.7 Å². The van der Waals surface area contributed by atoms with Crippen LogP contribution in [0.3, 0.4) is 0 Å². The summed E-state index contributed by atoms with van der Waals surface area (Å²) in [4.78, 5) is 26.7. The number of hydrogen-bond donors (Lipinski definition) is 1. The van der Waals surface area contributed by atoms with Gasteiger partial charge in [-0.15, -0.1) is 0 Å². The summed E-state index contributed by atoms with van der Waals surface area (Å²) in [6.45, 7) is 8.76. The summed E-state index contributed by atoms with van der Waals surface area (Å²) < 4.78 is 0. The largest absolute Gasteiger partial charge is 0.369 e. The lowest BCUT2D eigenvalue weighted by Gasteiger charge is -2.15. The molecule has 146 valence electrons. The Labute approximate surface area is 169 Å². The molecule has 1 N–H and O–H groups in total. The van der Waals surface area contributed by atoms with Gasteiger partial charge in [0.15, 0.2) is 5.65 Å². The van der Waals surface area contributed by atoms with Crippen molar-refractivity contribution in [3.05, 3.63) is 65.6 Å². The van der Waals surface area contributed by atoms with E-state index in [2.05, 4.69) is 37.2 Å². The highest BCUT2D eigenvalue weighted by atomic mass is 15.0. The zero-order chi connectivity index (χ0) is 20.4. The fraction of sp³-hybridized carbons (Fsp3) is 0.273. The third-order valence-electron chi connectivity index (χ3n) is 5.01. The molecule has 0 aliphatic carbocycles. The Morgan fingerprint density at radius 1 is 0.931 bits per heavy atom. The van der Waals surface area contributed by atoms with E-state index in [1.807, 2.05) is 51.2 Å². The van der Waals surface area contributed by atoms with Crippen molar-refractivity contribution < 1.29 is 0 Å². The molecule has 0 fully saturated rings. The van der Waals surface area contributed by atoms with Gasteiger partial charge in [-0.1, -0.05) is 6.92 Å². The van der Waals surface area contributed by atoms with Gasteiger partial charge in [0.25, 0.3) is 0 Å². The Hall–Kier alpha value is -3.48. The molecular weight excluding hydrogens is 362 g/mol. The molecule has 4 rings (SSSR count). The molecule has 0 aromatic carbocycles. The van der Waals surface area contributed by atoms with E-state index in [1.165, 1.54) is 0 Å². The zero-order valence-corrected chi connectivity index (χ0v) is 17.0. The molecule has 0 spiro atoms. The second kappa shape index (κ2) is 7.87. The van der Waals surface area contributed by atoms with Crippen LogP contribution in [0, 0.1) is 20.8 Å². The molecule has 0 bridgehead atoms. The lowest BCUT2D eigenvalue weighted by atomic mass is 10.0. The predicted octanol–water partition coefficient (Wildman–Crippen LogP) is 4.02. The first kappa shape index (κ1) is 18.9. The molecule has 1 atom stereocenters. The van der Waals surface area contributed by atoms with E-state index in [1.54, 1.807) is 12.5 Å². The van der Waals surface area contributed by atoms with Crippen molar-refractivity contribution in [3.63, 3.8) is 0 Å². The van der Waals surface area contributed by atoms with Gasteiger partial charge in [-0.3, -0.25) is 4.98 Å². The number of aromatic nitrogens is 6. The summed E-state index contributed by atoms with van der Waals surface area (Å²) in [6.07, 6.45) is 5.20. The minimum atomic E-state index is 0.205. The van der Waals surface area contributed by atoms with Gasteiger partial charge in [-0.05, 0) is 44.5 Å². The zero-order valence-electron chi connectivity index (χ0n) is 17.0. The SMILES string of the molecule is Cc1ccc(-c2cc(NC[C@@H](C)c3ccnc4nc(C)c(C)nc34)ncn2)cn1. The fourth-order valence-corrected chi connectivity index (χ4v) is 3.14. The maximum atomic E-state index is 4.73. The third-order valence-corrected chi connectivity index (χ3v) is 5.01. The van der Waals surface area contributed by atoms with Crippen molar-refractivity contribution in [1.29, 1.82) is 0 Å². The summed E-state index contributed by atoms with van der Waals surface area (Å²) in [5, 5.41) is 3.42. The van der Waals surface area contributed by atoms with Crippen LogP contribution < -0.4 is 5.32 Å². The quantitative estimate of drug-likeness (QED) is 0.555. The van der Waals surface area contributed by atoms with Crippen LogP contribution in [0.1, 0.15) is 35.5 Å². The Morgan fingerprint density at radius 3 is 2.55 bits per heavy atom. The Kier molecular flexibility index (Phi) is 5.12. The van der Waals surface area contributed by atoms with Crippen LogP contribution in [0.25, 0.3) is 22.4 Å². The van der Waals surface area contributed by atoms with E-state index in [9.17, 15) is 0 Å². The standard InChI is InChI=1S/C22H23N7/c1-13(18-7-8-23-22-21(18)28-15(3)16(4)29-22)10-25-20-9-19(26-12-27-20)17-6-5-14(2)24-11-17/h5-9,11-13H,10H2,1-4H3,(H,25,26,27)/t13-/m1/s1. The molecule has 0 radical (unpaired) electrons. The van der Waals surface area contributed by atoms with Crippen molar-refractivity contribution in [2.45, 2.75) is 33.6 Å². The van der Waals surface area contributed by atoms with Crippen LogP contribution in [0.4, 0.5) is 5.82 Å². The normalized spacial score (nSPS) is 12.1. The first-order valence-corrected chi connectivity index (χ1v) is 9.60. The molecule has 7 heteroatoms. The molecule has 7 nitrogen and oxygen atoms in total. The molecule has 4 heterocycles. The summed E-state index contributed by atoms with van der Waals surface area (Å²) in [5.74, 6) is 0.982. The van der Waals surface area contributed by atoms with Crippen molar-refractivity contribution in [2.75, 3.05) is 11.9 Å². The maximum absolute atomic E-state index is 4.73. The number of rotatable bonds is 5. The number of hydrogen-bond acceptors (Lipinski definition) is 7. The van der Waals surface area contributed by atoms with E-state index >= 15 is 0 Å². The Bertz CT molecular complexity index is 1160. The van der Waals surface area contributed by atoms with Gasteiger partial charge >= 0.3 is 0 Å². The van der Waals surface area contributed by atoms with Crippen LogP contribution in [0.2, 0.25) is 0 Å². The molecule has 29 heavy (non-hydrogen) atoms. The number of anilines is 1. The summed E-state index contributed by atoms with van der Waals surface area (Å²) >= 11 is 0. The number of aryl methyl sites for hydroxylation is 3. The van der Waals surface area contributed by atoms with Gasteiger partial charge in [0.05, 0.1) is 17.1 Å². The average molecular weight is 385 g/mol. The van der Waals surface area contributed by atoms with Crippen molar-refractivity contribution in [2.24, 2.45) is 0 Å². The Morgan fingerprint density at radius 2 is 1.76 bits per heavy atom. The molecule has 0 unspecified atom stereocenters. The topological polar surface area (TPSA) is 89.4 Å². The first-order valence-electron chi connectivity index (χ1n) is 9.60. The second-order valence-electron chi connectivity index (χ2n) is 7.23. The summed E-state index contributed by atoms with van der Waals surface area (Å²) in [6, 6.07) is 7.95. The third kappa shape index (κ3) is 4.03. The van der Waals surface area contributed by atoms with Crippen LogP contribution in [-0.2, 0) is 0 Å². The van der Waals surface area contributed by atoms with Crippen molar-refractivity contribution in [3.8, 4) is 11.3 Å². The van der Waals surface area contributed by atoms with Crippen molar-refractivity contribution in [1.82, 2.24) is 29.9 Å². The Balaban J connectivity index is 1.54. The minimum absolute atomic E-state index is 0.205. The van der Waals surface area contributed by atoms with Crippen molar-refractivity contribution >= 4 is 17.0 Å². The first-order chi connectivity index (χ1) is 14.0. The molecular formula is C22H23N7. The molecule has 0 saturated carbocycles. The van der Waals surface area contributed by atoms with E-state index in [-0.39, 0.29) is 5.92 Å². The number of nitrogens with zero attached hydrogens (tertiary/aromatic N) is 6. The van der Waals surface area contributed by atoms with Crippen LogP contribution in [0.15, 0.2) is 43.0 Å². The van der Waals surface area contributed by atoms with E-state index in [0.29, 0.717) is 12.2 Å². The lowest BCUT2D eigenvalue weighted by molar-refractivity contribution is 0.802. The predicted molar refractivity (Wildman–Crippen MR) is 114 cm³/mol.